The second-order valence-electron chi connectivity index (χ2n) is 4.32. The van der Waals surface area contributed by atoms with Gasteiger partial charge in [0.15, 0.2) is 0 Å². The summed E-state index contributed by atoms with van der Waals surface area (Å²) in [4.78, 5) is -0.507. The van der Waals surface area contributed by atoms with E-state index in [1.807, 2.05) is 6.07 Å². The van der Waals surface area contributed by atoms with E-state index in [-0.39, 0.29) is 11.4 Å². The first-order valence-electron chi connectivity index (χ1n) is 5.90. The Morgan fingerprint density at radius 2 is 1.95 bits per heavy atom. The van der Waals surface area contributed by atoms with Gasteiger partial charge in [-0.1, -0.05) is 6.07 Å². The van der Waals surface area contributed by atoms with Gasteiger partial charge in [-0.25, -0.2) is 12.8 Å². The number of anilines is 2. The number of halogens is 1. The van der Waals surface area contributed by atoms with E-state index in [1.54, 1.807) is 12.1 Å². The normalized spacial score (nSPS) is 10.9. The number of nitrogens with zero attached hydrogens (tertiary/aromatic N) is 2. The molecule has 2 N–H and O–H groups in total. The highest BCUT2D eigenvalue weighted by atomic mass is 32.2. The fourth-order valence-electron chi connectivity index (χ4n) is 1.78. The first kappa shape index (κ1) is 14.8. The van der Waals surface area contributed by atoms with Crippen molar-refractivity contribution in [1.29, 1.82) is 5.26 Å². The van der Waals surface area contributed by atoms with E-state index < -0.39 is 20.7 Å². The predicted octanol–water partition coefficient (Wildman–Crippen LogP) is 2.10. The summed E-state index contributed by atoms with van der Waals surface area (Å²) in [5.74, 6) is -0.882. The number of nitriles is 1. The Morgan fingerprint density at radius 3 is 2.62 bits per heavy atom. The van der Waals surface area contributed by atoms with Crippen LogP contribution in [0.15, 0.2) is 47.4 Å². The number of nitrogen functional groups attached to an aromatic ring is 1. The molecule has 0 spiro atoms. The molecule has 0 radical (unpaired) electrons. The van der Waals surface area contributed by atoms with E-state index in [0.717, 1.165) is 16.4 Å². The van der Waals surface area contributed by atoms with Crippen LogP contribution in [-0.4, -0.2) is 15.5 Å². The van der Waals surface area contributed by atoms with Crippen molar-refractivity contribution in [2.24, 2.45) is 0 Å². The van der Waals surface area contributed by atoms with Crippen molar-refractivity contribution < 1.29 is 12.8 Å². The van der Waals surface area contributed by atoms with Gasteiger partial charge in [0.2, 0.25) is 0 Å². The van der Waals surface area contributed by atoms with Crippen molar-refractivity contribution in [3.05, 3.63) is 53.8 Å². The van der Waals surface area contributed by atoms with Crippen molar-refractivity contribution in [3.8, 4) is 6.07 Å². The topological polar surface area (TPSA) is 87.2 Å². The third kappa shape index (κ3) is 2.80. The van der Waals surface area contributed by atoms with Gasteiger partial charge in [0.1, 0.15) is 10.7 Å². The molecule has 5 nitrogen and oxygen atoms in total. The molecule has 0 heterocycles. The zero-order valence-electron chi connectivity index (χ0n) is 11.1. The molecule has 0 atom stereocenters. The Hall–Kier alpha value is -2.59. The lowest BCUT2D eigenvalue weighted by molar-refractivity contribution is 0.566. The average Bonchev–Trinajstić information content (AvgIpc) is 2.48. The number of sulfonamides is 1. The van der Waals surface area contributed by atoms with Gasteiger partial charge < -0.3 is 5.73 Å². The lowest BCUT2D eigenvalue weighted by atomic mass is 10.2. The summed E-state index contributed by atoms with van der Waals surface area (Å²) in [6, 6.07) is 11.3. The lowest BCUT2D eigenvalue weighted by Gasteiger charge is -2.20. The van der Waals surface area contributed by atoms with Crippen molar-refractivity contribution in [1.82, 2.24) is 0 Å². The molecule has 0 aromatic heterocycles. The highest BCUT2D eigenvalue weighted by Gasteiger charge is 2.25. The van der Waals surface area contributed by atoms with Gasteiger partial charge in [-0.3, -0.25) is 4.31 Å². The minimum Gasteiger partial charge on any atom is -0.399 e. The standard InChI is InChI=1S/C14H12FN3O2S/c1-18(12-4-2-3-10(7-12)9-16)21(19,20)14-8-11(17)5-6-13(14)15/h2-8H,17H2,1H3. The van der Waals surface area contributed by atoms with Crippen LogP contribution in [0, 0.1) is 17.1 Å². The van der Waals surface area contributed by atoms with E-state index in [4.69, 9.17) is 11.0 Å². The Balaban J connectivity index is 2.53. The minimum atomic E-state index is -4.10. The van der Waals surface area contributed by atoms with Gasteiger partial charge in [-0.2, -0.15) is 5.26 Å². The molecule has 2 aromatic carbocycles. The molecular formula is C14H12FN3O2S. The fourth-order valence-corrected chi connectivity index (χ4v) is 3.06. The molecule has 2 rings (SSSR count). The Morgan fingerprint density at radius 1 is 1.24 bits per heavy atom. The second-order valence-corrected chi connectivity index (χ2v) is 6.26. The average molecular weight is 305 g/mol. The third-order valence-electron chi connectivity index (χ3n) is 2.93. The third-order valence-corrected chi connectivity index (χ3v) is 4.73. The Kier molecular flexibility index (Phi) is 3.82. The summed E-state index contributed by atoms with van der Waals surface area (Å²) in [5, 5.41) is 8.85. The SMILES string of the molecule is CN(c1cccc(C#N)c1)S(=O)(=O)c1cc(N)ccc1F. The molecule has 108 valence electrons. The van der Waals surface area contributed by atoms with E-state index in [1.165, 1.54) is 25.2 Å². The maximum Gasteiger partial charge on any atom is 0.267 e. The summed E-state index contributed by atoms with van der Waals surface area (Å²) in [6.45, 7) is 0. The highest BCUT2D eigenvalue weighted by Crippen LogP contribution is 2.25. The fraction of sp³-hybridized carbons (Fsp3) is 0.0714. The molecule has 0 fully saturated rings. The first-order chi connectivity index (χ1) is 9.86. The molecule has 7 heteroatoms. The summed E-state index contributed by atoms with van der Waals surface area (Å²) in [5.41, 5.74) is 6.23. The summed E-state index contributed by atoms with van der Waals surface area (Å²) < 4.78 is 39.6. The van der Waals surface area contributed by atoms with Crippen LogP contribution in [0.2, 0.25) is 0 Å². The maximum atomic E-state index is 13.8. The lowest BCUT2D eigenvalue weighted by Crippen LogP contribution is -2.27. The van der Waals surface area contributed by atoms with Gasteiger partial charge in [0, 0.05) is 12.7 Å². The number of hydrogen-bond donors (Lipinski definition) is 1. The number of hydrogen-bond acceptors (Lipinski definition) is 4. The van der Waals surface area contributed by atoms with Gasteiger partial charge in [0.05, 0.1) is 17.3 Å². The largest absolute Gasteiger partial charge is 0.399 e. The van der Waals surface area contributed by atoms with Gasteiger partial charge in [0.25, 0.3) is 10.0 Å². The van der Waals surface area contributed by atoms with Crippen LogP contribution >= 0.6 is 0 Å². The van der Waals surface area contributed by atoms with E-state index in [9.17, 15) is 12.8 Å². The van der Waals surface area contributed by atoms with Crippen LogP contribution in [0.1, 0.15) is 5.56 Å². The van der Waals surface area contributed by atoms with Crippen LogP contribution in [0.25, 0.3) is 0 Å². The highest BCUT2D eigenvalue weighted by molar-refractivity contribution is 7.92. The molecular weight excluding hydrogens is 293 g/mol. The van der Waals surface area contributed by atoms with Gasteiger partial charge in [-0.15, -0.1) is 0 Å². The van der Waals surface area contributed by atoms with Crippen LogP contribution in [0.5, 0.6) is 0 Å². The van der Waals surface area contributed by atoms with E-state index >= 15 is 0 Å². The molecule has 0 aliphatic heterocycles. The van der Waals surface area contributed by atoms with E-state index in [0.29, 0.717) is 5.56 Å². The molecule has 2 aromatic rings. The zero-order chi connectivity index (χ0) is 15.6. The minimum absolute atomic E-state index is 0.147. The van der Waals surface area contributed by atoms with Gasteiger partial charge in [-0.05, 0) is 36.4 Å². The smallest absolute Gasteiger partial charge is 0.267 e. The summed E-state index contributed by atoms with van der Waals surface area (Å²) >= 11 is 0. The molecule has 0 bridgehead atoms. The molecule has 0 amide bonds. The molecule has 21 heavy (non-hydrogen) atoms. The first-order valence-corrected chi connectivity index (χ1v) is 7.34. The molecule has 0 aliphatic rings. The zero-order valence-corrected chi connectivity index (χ0v) is 11.9. The van der Waals surface area contributed by atoms with Crippen LogP contribution in [0.4, 0.5) is 15.8 Å². The Bertz CT molecular complexity index is 828. The monoisotopic (exact) mass is 305 g/mol. The predicted molar refractivity (Wildman–Crippen MR) is 77.6 cm³/mol. The van der Waals surface area contributed by atoms with Gasteiger partial charge >= 0.3 is 0 Å². The number of nitrogens with two attached hydrogens (primary N) is 1. The summed E-state index contributed by atoms with van der Waals surface area (Å²) in [7, 11) is -2.82. The number of benzene rings is 2. The summed E-state index contributed by atoms with van der Waals surface area (Å²) in [6.07, 6.45) is 0. The molecule has 0 saturated carbocycles. The molecule has 0 unspecified atom stereocenters. The van der Waals surface area contributed by atoms with Crippen molar-refractivity contribution in [3.63, 3.8) is 0 Å². The van der Waals surface area contributed by atoms with Crippen molar-refractivity contribution >= 4 is 21.4 Å². The Labute approximate surface area is 122 Å². The van der Waals surface area contributed by atoms with Crippen LogP contribution in [0.3, 0.4) is 0 Å². The number of rotatable bonds is 3. The maximum absolute atomic E-state index is 13.8. The second kappa shape index (κ2) is 5.42. The van der Waals surface area contributed by atoms with Crippen molar-refractivity contribution in [2.75, 3.05) is 17.1 Å². The van der Waals surface area contributed by atoms with E-state index in [2.05, 4.69) is 0 Å². The van der Waals surface area contributed by atoms with Crippen LogP contribution < -0.4 is 10.0 Å². The molecule has 0 aliphatic carbocycles. The molecule has 0 saturated heterocycles. The van der Waals surface area contributed by atoms with Crippen LogP contribution in [-0.2, 0) is 10.0 Å². The van der Waals surface area contributed by atoms with Crippen molar-refractivity contribution in [2.45, 2.75) is 4.90 Å². The quantitative estimate of drug-likeness (QED) is 0.880.